The van der Waals surface area contributed by atoms with Gasteiger partial charge in [0.05, 0.1) is 0 Å². The first kappa shape index (κ1) is 16.6. The Morgan fingerprint density at radius 2 is 2.00 bits per heavy atom. The molecule has 0 saturated carbocycles. The van der Waals surface area contributed by atoms with E-state index in [1.165, 1.54) is 41.9 Å². The summed E-state index contributed by atoms with van der Waals surface area (Å²) in [5.41, 5.74) is 2.96. The number of aryl methyl sites for hydroxylation is 1. The van der Waals surface area contributed by atoms with Crippen LogP contribution in [0, 0.1) is 12.8 Å². The van der Waals surface area contributed by atoms with Crippen LogP contribution < -0.4 is 5.32 Å². The van der Waals surface area contributed by atoms with E-state index in [-0.39, 0.29) is 0 Å². The van der Waals surface area contributed by atoms with Crippen LogP contribution in [0.5, 0.6) is 0 Å². The van der Waals surface area contributed by atoms with Gasteiger partial charge in [0.25, 0.3) is 0 Å². The molecule has 0 radical (unpaired) electrons. The Hall–Kier alpha value is -0.470. The van der Waals surface area contributed by atoms with Crippen molar-refractivity contribution in [1.29, 1.82) is 0 Å². The summed E-state index contributed by atoms with van der Waals surface area (Å²) in [7, 11) is 0. The van der Waals surface area contributed by atoms with Crippen molar-refractivity contribution in [2.75, 3.05) is 24.6 Å². The number of rotatable bonds is 10. The van der Waals surface area contributed by atoms with Gasteiger partial charge in [-0.3, -0.25) is 0 Å². The zero-order valence-corrected chi connectivity index (χ0v) is 13.6. The maximum absolute atomic E-state index is 3.59. The Kier molecular flexibility index (Phi) is 9.02. The molecule has 0 spiro atoms. The normalized spacial score (nSPS) is 12.6. The van der Waals surface area contributed by atoms with Crippen LogP contribution >= 0.6 is 11.8 Å². The zero-order valence-electron chi connectivity index (χ0n) is 12.7. The molecule has 0 aliphatic carbocycles. The fraction of sp³-hybridized carbons (Fsp3) is 0.647. The fourth-order valence-corrected chi connectivity index (χ4v) is 3.09. The second-order valence-corrected chi connectivity index (χ2v) is 6.58. The Bertz CT molecular complexity index is 328. The van der Waals surface area contributed by atoms with E-state index in [1.807, 2.05) is 0 Å². The molecule has 0 aliphatic rings. The maximum Gasteiger partial charge on any atom is -0.00170 e. The monoisotopic (exact) mass is 279 g/mol. The van der Waals surface area contributed by atoms with Crippen molar-refractivity contribution in [2.45, 2.75) is 40.0 Å². The molecule has 0 aliphatic heterocycles. The van der Waals surface area contributed by atoms with Crippen LogP contribution in [0.2, 0.25) is 0 Å². The van der Waals surface area contributed by atoms with Gasteiger partial charge in [0.1, 0.15) is 0 Å². The first-order valence-corrected chi connectivity index (χ1v) is 8.76. The Morgan fingerprint density at radius 1 is 1.21 bits per heavy atom. The molecular formula is C17H29NS. The van der Waals surface area contributed by atoms with Gasteiger partial charge in [-0.15, -0.1) is 0 Å². The summed E-state index contributed by atoms with van der Waals surface area (Å²) in [6.07, 6.45) is 3.76. The summed E-state index contributed by atoms with van der Waals surface area (Å²) in [5, 5.41) is 3.59. The lowest BCUT2D eigenvalue weighted by molar-refractivity contribution is 0.463. The zero-order chi connectivity index (χ0) is 13.9. The number of benzene rings is 1. The molecule has 1 aromatic carbocycles. The molecule has 0 saturated heterocycles. The molecule has 0 aromatic heterocycles. The van der Waals surface area contributed by atoms with Crippen molar-refractivity contribution in [3.8, 4) is 0 Å². The standard InChI is InChI=1S/C17H29NS/c1-4-11-18-14-16(10-12-19-5-2)13-17-9-7-6-8-15(17)3/h6-9,16,18H,4-5,10-14H2,1-3H3. The molecule has 19 heavy (non-hydrogen) atoms. The Morgan fingerprint density at radius 3 is 2.68 bits per heavy atom. The number of hydrogen-bond acceptors (Lipinski definition) is 2. The van der Waals surface area contributed by atoms with E-state index < -0.39 is 0 Å². The Labute approximate surface area is 123 Å². The second kappa shape index (κ2) is 10.3. The summed E-state index contributed by atoms with van der Waals surface area (Å²) < 4.78 is 0. The summed E-state index contributed by atoms with van der Waals surface area (Å²) in [4.78, 5) is 0. The molecule has 1 nitrogen and oxygen atoms in total. The van der Waals surface area contributed by atoms with Crippen molar-refractivity contribution in [3.63, 3.8) is 0 Å². The topological polar surface area (TPSA) is 12.0 Å². The highest BCUT2D eigenvalue weighted by atomic mass is 32.2. The molecule has 1 atom stereocenters. The van der Waals surface area contributed by atoms with Gasteiger partial charge in [0, 0.05) is 0 Å². The van der Waals surface area contributed by atoms with Crippen LogP contribution in [0.1, 0.15) is 37.8 Å². The SMILES string of the molecule is CCCNCC(CCSCC)Cc1ccccc1C. The summed E-state index contributed by atoms with van der Waals surface area (Å²) in [6, 6.07) is 8.82. The third-order valence-electron chi connectivity index (χ3n) is 3.50. The van der Waals surface area contributed by atoms with Crippen molar-refractivity contribution in [3.05, 3.63) is 35.4 Å². The third-order valence-corrected chi connectivity index (χ3v) is 4.44. The molecule has 0 bridgehead atoms. The van der Waals surface area contributed by atoms with Gasteiger partial charge in [-0.2, -0.15) is 11.8 Å². The molecular weight excluding hydrogens is 250 g/mol. The highest BCUT2D eigenvalue weighted by Crippen LogP contribution is 2.17. The smallest absolute Gasteiger partial charge is 0.00170 e. The molecule has 1 unspecified atom stereocenters. The molecule has 2 heteroatoms. The first-order valence-electron chi connectivity index (χ1n) is 7.60. The number of thioether (sulfide) groups is 1. The van der Waals surface area contributed by atoms with Crippen molar-refractivity contribution in [1.82, 2.24) is 5.32 Å². The van der Waals surface area contributed by atoms with Gasteiger partial charge >= 0.3 is 0 Å². The highest BCUT2D eigenvalue weighted by molar-refractivity contribution is 7.99. The van der Waals surface area contributed by atoms with E-state index in [9.17, 15) is 0 Å². The van der Waals surface area contributed by atoms with E-state index in [0.29, 0.717) is 0 Å². The largest absolute Gasteiger partial charge is 0.316 e. The summed E-state index contributed by atoms with van der Waals surface area (Å²) in [6.45, 7) is 9.01. The first-order chi connectivity index (χ1) is 9.27. The van der Waals surface area contributed by atoms with Gasteiger partial charge < -0.3 is 5.32 Å². The van der Waals surface area contributed by atoms with Gasteiger partial charge in [0.15, 0.2) is 0 Å². The average molecular weight is 279 g/mol. The van der Waals surface area contributed by atoms with Crippen LogP contribution in [0.4, 0.5) is 0 Å². The molecule has 0 amide bonds. The van der Waals surface area contributed by atoms with Crippen molar-refractivity contribution < 1.29 is 0 Å². The second-order valence-electron chi connectivity index (χ2n) is 5.19. The lowest BCUT2D eigenvalue weighted by Gasteiger charge is -2.18. The van der Waals surface area contributed by atoms with Crippen molar-refractivity contribution >= 4 is 11.8 Å². The summed E-state index contributed by atoms with van der Waals surface area (Å²) in [5.74, 6) is 3.30. The predicted octanol–water partition coefficient (Wildman–Crippen LogP) is 4.30. The van der Waals surface area contributed by atoms with Gasteiger partial charge in [-0.25, -0.2) is 0 Å². The van der Waals surface area contributed by atoms with E-state index in [2.05, 4.69) is 62.1 Å². The summed E-state index contributed by atoms with van der Waals surface area (Å²) >= 11 is 2.06. The molecule has 1 rings (SSSR count). The molecule has 1 aromatic rings. The molecule has 0 fully saturated rings. The van der Waals surface area contributed by atoms with Crippen LogP contribution in [-0.4, -0.2) is 24.6 Å². The van der Waals surface area contributed by atoms with Crippen molar-refractivity contribution in [2.24, 2.45) is 5.92 Å². The van der Waals surface area contributed by atoms with Gasteiger partial charge in [0.2, 0.25) is 0 Å². The molecule has 0 heterocycles. The van der Waals surface area contributed by atoms with Crippen LogP contribution in [-0.2, 0) is 6.42 Å². The van der Waals surface area contributed by atoms with Crippen LogP contribution in [0.25, 0.3) is 0 Å². The van der Waals surface area contributed by atoms with Gasteiger partial charge in [-0.1, -0.05) is 38.1 Å². The minimum absolute atomic E-state index is 0.770. The quantitative estimate of drug-likeness (QED) is 0.641. The van der Waals surface area contributed by atoms with E-state index in [0.717, 1.165) is 19.0 Å². The minimum atomic E-state index is 0.770. The number of hydrogen-bond donors (Lipinski definition) is 1. The van der Waals surface area contributed by atoms with E-state index in [1.54, 1.807) is 0 Å². The Balaban J connectivity index is 2.49. The lowest BCUT2D eigenvalue weighted by Crippen LogP contribution is -2.25. The van der Waals surface area contributed by atoms with Crippen LogP contribution in [0.15, 0.2) is 24.3 Å². The average Bonchev–Trinajstić information content (AvgIpc) is 2.41. The third kappa shape index (κ3) is 7.03. The maximum atomic E-state index is 3.59. The van der Waals surface area contributed by atoms with Gasteiger partial charge in [-0.05, 0) is 67.8 Å². The minimum Gasteiger partial charge on any atom is -0.316 e. The lowest BCUT2D eigenvalue weighted by atomic mass is 9.94. The highest BCUT2D eigenvalue weighted by Gasteiger charge is 2.10. The fourth-order valence-electron chi connectivity index (χ4n) is 2.30. The van der Waals surface area contributed by atoms with Crippen LogP contribution in [0.3, 0.4) is 0 Å². The molecule has 108 valence electrons. The number of nitrogens with one attached hydrogen (secondary N) is 1. The van der Waals surface area contributed by atoms with E-state index in [4.69, 9.17) is 0 Å². The van der Waals surface area contributed by atoms with E-state index >= 15 is 0 Å². The molecule has 1 N–H and O–H groups in total. The predicted molar refractivity (Wildman–Crippen MR) is 89.1 cm³/mol.